The van der Waals surface area contributed by atoms with Gasteiger partial charge in [-0.15, -0.1) is 0 Å². The van der Waals surface area contributed by atoms with E-state index in [1.807, 2.05) is 0 Å². The Balaban J connectivity index is 2.51. The summed E-state index contributed by atoms with van der Waals surface area (Å²) < 4.78 is 25.3. The normalized spacial score (nSPS) is 10.1. The summed E-state index contributed by atoms with van der Waals surface area (Å²) in [5.74, 6) is -1.49. The number of amides is 1. The van der Waals surface area contributed by atoms with Crippen molar-refractivity contribution in [2.75, 3.05) is 5.75 Å². The molecule has 0 fully saturated rings. The Morgan fingerprint density at radius 3 is 2.67 bits per heavy atom. The molecule has 0 aliphatic rings. The molecular weight excluding hydrogens is 220 g/mol. The molecule has 0 spiro atoms. The van der Waals surface area contributed by atoms with E-state index >= 15 is 0 Å². The first-order chi connectivity index (χ1) is 7.13. The standard InChI is InChI=1S/C10H11F2NOS/c11-8-2-1-7(5-9(8)12)6-13-10(14)3-4-15/h1-2,5,15H,3-4,6H2,(H,13,14). The molecule has 0 aromatic heterocycles. The first-order valence-corrected chi connectivity index (χ1v) is 5.08. The largest absolute Gasteiger partial charge is 0.352 e. The molecule has 0 bridgehead atoms. The second-order valence-electron chi connectivity index (χ2n) is 3.00. The van der Waals surface area contributed by atoms with Crippen LogP contribution in [0.2, 0.25) is 0 Å². The lowest BCUT2D eigenvalue weighted by Crippen LogP contribution is -2.22. The molecular formula is C10H11F2NOS. The van der Waals surface area contributed by atoms with E-state index in [0.717, 1.165) is 12.1 Å². The fraction of sp³-hybridized carbons (Fsp3) is 0.300. The van der Waals surface area contributed by atoms with Crippen LogP contribution in [0.15, 0.2) is 18.2 Å². The third kappa shape index (κ3) is 3.87. The molecule has 0 saturated heterocycles. The zero-order valence-corrected chi connectivity index (χ0v) is 8.86. The summed E-state index contributed by atoms with van der Waals surface area (Å²) in [7, 11) is 0. The van der Waals surface area contributed by atoms with Crippen LogP contribution in [0.4, 0.5) is 8.78 Å². The maximum Gasteiger partial charge on any atom is 0.221 e. The highest BCUT2D eigenvalue weighted by molar-refractivity contribution is 7.80. The van der Waals surface area contributed by atoms with Crippen LogP contribution < -0.4 is 5.32 Å². The molecule has 0 saturated carbocycles. The molecule has 5 heteroatoms. The van der Waals surface area contributed by atoms with Crippen LogP contribution in [0.3, 0.4) is 0 Å². The summed E-state index contributed by atoms with van der Waals surface area (Å²) in [6, 6.07) is 3.53. The zero-order valence-electron chi connectivity index (χ0n) is 7.96. The lowest BCUT2D eigenvalue weighted by atomic mass is 10.2. The van der Waals surface area contributed by atoms with Gasteiger partial charge in [0.05, 0.1) is 0 Å². The monoisotopic (exact) mass is 231 g/mol. The number of carbonyl (C=O) groups excluding carboxylic acids is 1. The SMILES string of the molecule is O=C(CCS)NCc1ccc(F)c(F)c1. The Morgan fingerprint density at radius 2 is 2.07 bits per heavy atom. The second-order valence-corrected chi connectivity index (χ2v) is 3.45. The van der Waals surface area contributed by atoms with Crippen LogP contribution in [-0.2, 0) is 11.3 Å². The molecule has 1 amide bonds. The summed E-state index contributed by atoms with van der Waals surface area (Å²) in [5.41, 5.74) is 0.529. The predicted octanol–water partition coefficient (Wildman–Crippen LogP) is 1.90. The molecule has 1 aromatic carbocycles. The van der Waals surface area contributed by atoms with Crippen molar-refractivity contribution >= 4 is 18.5 Å². The Morgan fingerprint density at radius 1 is 1.33 bits per heavy atom. The molecule has 0 atom stereocenters. The lowest BCUT2D eigenvalue weighted by Gasteiger charge is -2.04. The minimum atomic E-state index is -0.907. The van der Waals surface area contributed by atoms with Gasteiger partial charge in [0.1, 0.15) is 0 Å². The first kappa shape index (κ1) is 12.0. The van der Waals surface area contributed by atoms with E-state index in [9.17, 15) is 13.6 Å². The van der Waals surface area contributed by atoms with Gasteiger partial charge in [-0.1, -0.05) is 6.07 Å². The number of rotatable bonds is 4. The molecule has 1 N–H and O–H groups in total. The Kier molecular flexibility index (Phi) is 4.55. The van der Waals surface area contributed by atoms with E-state index in [-0.39, 0.29) is 12.5 Å². The van der Waals surface area contributed by atoms with Crippen molar-refractivity contribution in [2.24, 2.45) is 0 Å². The molecule has 1 aromatic rings. The van der Waals surface area contributed by atoms with E-state index in [1.54, 1.807) is 0 Å². The first-order valence-electron chi connectivity index (χ1n) is 4.45. The number of benzene rings is 1. The predicted molar refractivity (Wildman–Crippen MR) is 56.7 cm³/mol. The van der Waals surface area contributed by atoms with Crippen molar-refractivity contribution in [3.05, 3.63) is 35.4 Å². The van der Waals surface area contributed by atoms with Crippen LogP contribution in [0.25, 0.3) is 0 Å². The lowest BCUT2D eigenvalue weighted by molar-refractivity contribution is -0.120. The van der Waals surface area contributed by atoms with Crippen LogP contribution in [0, 0.1) is 11.6 Å². The van der Waals surface area contributed by atoms with Crippen molar-refractivity contribution < 1.29 is 13.6 Å². The van der Waals surface area contributed by atoms with Gasteiger partial charge in [0, 0.05) is 13.0 Å². The van der Waals surface area contributed by atoms with E-state index in [2.05, 4.69) is 17.9 Å². The average molecular weight is 231 g/mol. The minimum absolute atomic E-state index is 0.158. The van der Waals surface area contributed by atoms with Crippen molar-refractivity contribution in [1.82, 2.24) is 5.32 Å². The number of hydrogen-bond acceptors (Lipinski definition) is 2. The number of halogens is 2. The quantitative estimate of drug-likeness (QED) is 0.761. The van der Waals surface area contributed by atoms with Crippen molar-refractivity contribution in [3.8, 4) is 0 Å². The van der Waals surface area contributed by atoms with E-state index < -0.39 is 11.6 Å². The van der Waals surface area contributed by atoms with Gasteiger partial charge in [0.15, 0.2) is 11.6 Å². The molecule has 15 heavy (non-hydrogen) atoms. The van der Waals surface area contributed by atoms with Gasteiger partial charge < -0.3 is 5.32 Å². The molecule has 0 radical (unpaired) electrons. The van der Waals surface area contributed by atoms with Gasteiger partial charge in [-0.25, -0.2) is 8.78 Å². The molecule has 0 aliphatic carbocycles. The molecule has 82 valence electrons. The highest BCUT2D eigenvalue weighted by Crippen LogP contribution is 2.08. The molecule has 1 rings (SSSR count). The summed E-state index contributed by atoms with van der Waals surface area (Å²) in [6.45, 7) is 0.198. The van der Waals surface area contributed by atoms with Crippen LogP contribution >= 0.6 is 12.6 Å². The number of carbonyl (C=O) groups is 1. The van der Waals surface area contributed by atoms with Crippen molar-refractivity contribution in [1.29, 1.82) is 0 Å². The Labute approximate surface area is 92.1 Å². The number of hydrogen-bond donors (Lipinski definition) is 2. The number of thiol groups is 1. The van der Waals surface area contributed by atoms with Gasteiger partial charge in [-0.2, -0.15) is 12.6 Å². The maximum atomic E-state index is 12.8. The maximum absolute atomic E-state index is 12.8. The van der Waals surface area contributed by atoms with Crippen molar-refractivity contribution in [3.63, 3.8) is 0 Å². The number of nitrogens with one attached hydrogen (secondary N) is 1. The van der Waals surface area contributed by atoms with E-state index in [1.165, 1.54) is 6.07 Å². The molecule has 2 nitrogen and oxygen atoms in total. The van der Waals surface area contributed by atoms with Crippen LogP contribution in [-0.4, -0.2) is 11.7 Å². The van der Waals surface area contributed by atoms with Gasteiger partial charge in [-0.05, 0) is 23.4 Å². The fourth-order valence-corrected chi connectivity index (χ4v) is 1.24. The van der Waals surface area contributed by atoms with Crippen LogP contribution in [0.5, 0.6) is 0 Å². The second kappa shape index (κ2) is 5.70. The third-order valence-corrected chi connectivity index (χ3v) is 2.04. The zero-order chi connectivity index (χ0) is 11.3. The molecule has 0 heterocycles. The summed E-state index contributed by atoms with van der Waals surface area (Å²) >= 11 is 3.90. The molecule has 0 unspecified atom stereocenters. The summed E-state index contributed by atoms with van der Waals surface area (Å²) in [5, 5.41) is 2.57. The fourth-order valence-electron chi connectivity index (χ4n) is 1.04. The highest BCUT2D eigenvalue weighted by Gasteiger charge is 2.03. The third-order valence-electron chi connectivity index (χ3n) is 1.81. The summed E-state index contributed by atoms with van der Waals surface area (Å²) in [4.78, 5) is 11.0. The molecule has 0 aliphatic heterocycles. The Hall–Kier alpha value is -1.10. The minimum Gasteiger partial charge on any atom is -0.352 e. The highest BCUT2D eigenvalue weighted by atomic mass is 32.1. The van der Waals surface area contributed by atoms with Crippen LogP contribution in [0.1, 0.15) is 12.0 Å². The van der Waals surface area contributed by atoms with Gasteiger partial charge in [0.25, 0.3) is 0 Å². The van der Waals surface area contributed by atoms with E-state index in [0.29, 0.717) is 17.7 Å². The van der Waals surface area contributed by atoms with Gasteiger partial charge >= 0.3 is 0 Å². The van der Waals surface area contributed by atoms with Gasteiger partial charge in [0.2, 0.25) is 5.91 Å². The Bertz CT molecular complexity index is 357. The van der Waals surface area contributed by atoms with Crippen molar-refractivity contribution in [2.45, 2.75) is 13.0 Å². The van der Waals surface area contributed by atoms with E-state index in [4.69, 9.17) is 0 Å². The van der Waals surface area contributed by atoms with Gasteiger partial charge in [-0.3, -0.25) is 4.79 Å². The summed E-state index contributed by atoms with van der Waals surface area (Å²) in [6.07, 6.45) is 0.312. The topological polar surface area (TPSA) is 29.1 Å². The smallest absolute Gasteiger partial charge is 0.221 e. The average Bonchev–Trinajstić information content (AvgIpc) is 2.20.